The Kier molecular flexibility index (Phi) is 11.2. The summed E-state index contributed by atoms with van der Waals surface area (Å²) in [5.74, 6) is -0.269. The molecule has 0 spiro atoms. The summed E-state index contributed by atoms with van der Waals surface area (Å²) >= 11 is 0. The molecule has 1 N–H and O–H groups in total. The first-order valence-electron chi connectivity index (χ1n) is 10.00. The van der Waals surface area contributed by atoms with Gasteiger partial charge in [-0.05, 0) is 32.1 Å². The topological polar surface area (TPSA) is 50.7 Å². The molecule has 0 amide bonds. The van der Waals surface area contributed by atoms with Gasteiger partial charge in [0, 0.05) is 12.2 Å². The van der Waals surface area contributed by atoms with E-state index in [0.717, 1.165) is 55.6 Å². The summed E-state index contributed by atoms with van der Waals surface area (Å²) in [6.07, 6.45) is 13.5. The van der Waals surface area contributed by atoms with Crippen LogP contribution in [0.2, 0.25) is 0 Å². The molecule has 138 valence electrons. The predicted molar refractivity (Wildman–Crippen MR) is 101 cm³/mol. The van der Waals surface area contributed by atoms with E-state index in [1.54, 1.807) is 0 Å². The Balaban J connectivity index is 2.73. The molecule has 0 radical (unpaired) electrons. The summed E-state index contributed by atoms with van der Waals surface area (Å²) in [5.41, 5.74) is 2.63. The summed E-state index contributed by atoms with van der Waals surface area (Å²) in [5, 5.41) is 7.57. The number of oxime groups is 1. The number of nitrogens with zero attached hydrogens (tertiary/aromatic N) is 1. The van der Waals surface area contributed by atoms with Crippen molar-refractivity contribution >= 4 is 11.7 Å². The molecule has 1 heterocycles. The Labute approximate surface area is 148 Å². The second-order valence-electron chi connectivity index (χ2n) is 6.67. The molecule has 1 rings (SSSR count). The number of hydrogen-bond donors (Lipinski definition) is 1. The maximum Gasteiger partial charge on any atom is 0.369 e. The second-order valence-corrected chi connectivity index (χ2v) is 6.67. The highest BCUT2D eigenvalue weighted by molar-refractivity contribution is 6.22. The van der Waals surface area contributed by atoms with E-state index in [-0.39, 0.29) is 5.97 Å². The van der Waals surface area contributed by atoms with Crippen molar-refractivity contribution in [1.82, 2.24) is 5.32 Å². The molecule has 24 heavy (non-hydrogen) atoms. The lowest BCUT2D eigenvalue weighted by molar-refractivity contribution is -0.136. The van der Waals surface area contributed by atoms with E-state index in [4.69, 9.17) is 4.84 Å². The monoisotopic (exact) mass is 336 g/mol. The van der Waals surface area contributed by atoms with Gasteiger partial charge in [-0.15, -0.1) is 0 Å². The van der Waals surface area contributed by atoms with E-state index in [1.807, 2.05) is 0 Å². The summed E-state index contributed by atoms with van der Waals surface area (Å²) < 4.78 is 0. The Bertz CT molecular complexity index is 427. The largest absolute Gasteiger partial charge is 0.388 e. The summed E-state index contributed by atoms with van der Waals surface area (Å²) in [4.78, 5) is 17.2. The minimum atomic E-state index is -0.269. The molecular formula is C20H36N2O2. The smallest absolute Gasteiger partial charge is 0.369 e. The number of allylic oxidation sites excluding steroid dienone is 1. The van der Waals surface area contributed by atoms with Crippen LogP contribution in [0.25, 0.3) is 0 Å². The van der Waals surface area contributed by atoms with Gasteiger partial charge in [0.15, 0.2) is 0 Å². The molecule has 0 aromatic heterocycles. The fourth-order valence-corrected chi connectivity index (χ4v) is 2.96. The van der Waals surface area contributed by atoms with Gasteiger partial charge in [-0.2, -0.15) is 0 Å². The van der Waals surface area contributed by atoms with Gasteiger partial charge in [0.2, 0.25) is 0 Å². The van der Waals surface area contributed by atoms with Crippen LogP contribution in [0.15, 0.2) is 16.4 Å². The quantitative estimate of drug-likeness (QED) is 0.259. The number of rotatable bonds is 14. The zero-order chi connectivity index (χ0) is 17.6. The number of carbonyl (C=O) groups excluding carboxylic acids is 1. The summed E-state index contributed by atoms with van der Waals surface area (Å²) in [7, 11) is 0. The van der Waals surface area contributed by atoms with Gasteiger partial charge < -0.3 is 10.2 Å². The molecule has 1 aliphatic rings. The zero-order valence-electron chi connectivity index (χ0n) is 16.0. The first-order valence-corrected chi connectivity index (χ1v) is 10.00. The minimum Gasteiger partial charge on any atom is -0.388 e. The van der Waals surface area contributed by atoms with Crippen molar-refractivity contribution in [2.24, 2.45) is 5.16 Å². The van der Waals surface area contributed by atoms with Crippen molar-refractivity contribution in [1.29, 1.82) is 0 Å². The molecule has 0 aliphatic carbocycles. The van der Waals surface area contributed by atoms with Crippen LogP contribution >= 0.6 is 0 Å². The van der Waals surface area contributed by atoms with E-state index in [1.165, 1.54) is 44.9 Å². The first-order chi connectivity index (χ1) is 11.7. The highest BCUT2D eigenvalue weighted by atomic mass is 16.7. The standard InChI is InChI=1S/C20H36N2O2/c1-4-7-10-12-15-18-19(20(23)24-22-18)17(14-11-8-5-2)21-16-13-9-6-3/h21H,4-16H2,1-3H3. The van der Waals surface area contributed by atoms with Crippen molar-refractivity contribution in [2.45, 2.75) is 97.8 Å². The average Bonchev–Trinajstić information content (AvgIpc) is 2.95. The van der Waals surface area contributed by atoms with Crippen LogP contribution in [0, 0.1) is 0 Å². The highest BCUT2D eigenvalue weighted by Crippen LogP contribution is 2.22. The Hall–Kier alpha value is -1.32. The molecule has 0 saturated heterocycles. The molecule has 0 bridgehead atoms. The van der Waals surface area contributed by atoms with Crippen LogP contribution in [0.1, 0.15) is 97.8 Å². The third-order valence-electron chi connectivity index (χ3n) is 4.45. The van der Waals surface area contributed by atoms with E-state index >= 15 is 0 Å². The molecule has 0 unspecified atom stereocenters. The lowest BCUT2D eigenvalue weighted by Crippen LogP contribution is -2.22. The Morgan fingerprint density at radius 3 is 2.29 bits per heavy atom. The maximum absolute atomic E-state index is 12.2. The molecule has 1 aliphatic heterocycles. The number of unbranched alkanes of at least 4 members (excludes halogenated alkanes) is 7. The molecule has 0 aromatic carbocycles. The number of nitrogens with one attached hydrogen (secondary N) is 1. The van der Waals surface area contributed by atoms with E-state index in [9.17, 15) is 4.79 Å². The van der Waals surface area contributed by atoms with Gasteiger partial charge in [0.25, 0.3) is 0 Å². The predicted octanol–water partition coefficient (Wildman–Crippen LogP) is 5.48. The van der Waals surface area contributed by atoms with Gasteiger partial charge in [-0.1, -0.05) is 70.9 Å². The van der Waals surface area contributed by atoms with E-state index in [0.29, 0.717) is 0 Å². The van der Waals surface area contributed by atoms with Crippen LogP contribution in [0.4, 0.5) is 0 Å². The molecule has 0 fully saturated rings. The summed E-state index contributed by atoms with van der Waals surface area (Å²) in [6, 6.07) is 0. The van der Waals surface area contributed by atoms with Gasteiger partial charge in [0.05, 0.1) is 5.71 Å². The molecular weight excluding hydrogens is 300 g/mol. The highest BCUT2D eigenvalue weighted by Gasteiger charge is 2.28. The van der Waals surface area contributed by atoms with Crippen LogP contribution in [0.5, 0.6) is 0 Å². The fourth-order valence-electron chi connectivity index (χ4n) is 2.96. The number of carbonyl (C=O) groups is 1. The molecule has 4 nitrogen and oxygen atoms in total. The van der Waals surface area contributed by atoms with Gasteiger partial charge >= 0.3 is 5.97 Å². The molecule has 0 aromatic rings. The summed E-state index contributed by atoms with van der Waals surface area (Å²) in [6.45, 7) is 7.54. The van der Waals surface area contributed by atoms with Crippen LogP contribution < -0.4 is 5.32 Å². The first kappa shape index (κ1) is 20.7. The molecule has 0 atom stereocenters. The van der Waals surface area contributed by atoms with Crippen LogP contribution in [-0.2, 0) is 9.63 Å². The van der Waals surface area contributed by atoms with Crippen molar-refractivity contribution < 1.29 is 9.63 Å². The van der Waals surface area contributed by atoms with E-state index < -0.39 is 0 Å². The lowest BCUT2D eigenvalue weighted by atomic mass is 9.99. The van der Waals surface area contributed by atoms with Crippen molar-refractivity contribution in [3.05, 3.63) is 11.3 Å². The Morgan fingerprint density at radius 1 is 0.917 bits per heavy atom. The van der Waals surface area contributed by atoms with E-state index in [2.05, 4.69) is 31.2 Å². The maximum atomic E-state index is 12.2. The van der Waals surface area contributed by atoms with Crippen molar-refractivity contribution in [3.63, 3.8) is 0 Å². The zero-order valence-corrected chi connectivity index (χ0v) is 16.0. The lowest BCUT2D eigenvalue weighted by Gasteiger charge is -2.14. The second kappa shape index (κ2) is 13.0. The van der Waals surface area contributed by atoms with Gasteiger partial charge in [-0.25, -0.2) is 4.79 Å². The normalized spacial score (nSPS) is 16.1. The van der Waals surface area contributed by atoms with Crippen molar-refractivity contribution in [2.75, 3.05) is 6.54 Å². The Morgan fingerprint density at radius 2 is 1.58 bits per heavy atom. The average molecular weight is 337 g/mol. The van der Waals surface area contributed by atoms with Crippen molar-refractivity contribution in [3.8, 4) is 0 Å². The van der Waals surface area contributed by atoms with Gasteiger partial charge in [-0.3, -0.25) is 0 Å². The number of hydrogen-bond acceptors (Lipinski definition) is 4. The van der Waals surface area contributed by atoms with Crippen LogP contribution in [0.3, 0.4) is 0 Å². The van der Waals surface area contributed by atoms with Crippen LogP contribution in [-0.4, -0.2) is 18.2 Å². The SMILES string of the molecule is CCCCCCC1=NOC(=O)C1=C(CCCCC)NCCCCC. The minimum absolute atomic E-state index is 0.269. The fraction of sp³-hybridized carbons (Fsp3) is 0.800. The third kappa shape index (κ3) is 7.50. The molecule has 4 heteroatoms. The van der Waals surface area contributed by atoms with Gasteiger partial charge in [0.1, 0.15) is 5.57 Å². The molecule has 0 saturated carbocycles. The third-order valence-corrected chi connectivity index (χ3v) is 4.45.